The molecule has 0 radical (unpaired) electrons. The SMILES string of the molecule is COc1ncc(OC(=O)c2cc(C(C)C)[nH]n2)c(OC)n1. The molecule has 0 aromatic carbocycles. The number of nitrogens with one attached hydrogen (secondary N) is 1. The number of H-pyrrole nitrogens is 1. The van der Waals surface area contributed by atoms with Gasteiger partial charge in [-0.1, -0.05) is 13.8 Å². The molecule has 0 aliphatic rings. The standard InChI is InChI=1S/C13H16N4O4/c1-7(2)8-5-9(17-16-8)12(18)21-10-6-14-13(20-4)15-11(10)19-3/h5-7H,1-4H3,(H,16,17). The van der Waals surface area contributed by atoms with E-state index >= 15 is 0 Å². The monoisotopic (exact) mass is 292 g/mol. The molecule has 2 rings (SSSR count). The fourth-order valence-corrected chi connectivity index (χ4v) is 1.54. The number of ether oxygens (including phenoxy) is 3. The lowest BCUT2D eigenvalue weighted by Crippen LogP contribution is -2.11. The Morgan fingerprint density at radius 3 is 2.62 bits per heavy atom. The quantitative estimate of drug-likeness (QED) is 0.835. The molecule has 8 nitrogen and oxygen atoms in total. The number of aromatic nitrogens is 4. The van der Waals surface area contributed by atoms with Crippen molar-refractivity contribution in [1.82, 2.24) is 20.2 Å². The van der Waals surface area contributed by atoms with E-state index in [0.717, 1.165) is 5.69 Å². The summed E-state index contributed by atoms with van der Waals surface area (Å²) in [5, 5.41) is 6.70. The second kappa shape index (κ2) is 6.21. The van der Waals surface area contributed by atoms with E-state index in [1.165, 1.54) is 20.4 Å². The van der Waals surface area contributed by atoms with Crippen molar-refractivity contribution in [3.63, 3.8) is 0 Å². The van der Waals surface area contributed by atoms with Gasteiger partial charge in [0.05, 0.1) is 20.4 Å². The lowest BCUT2D eigenvalue weighted by atomic mass is 10.1. The van der Waals surface area contributed by atoms with Crippen LogP contribution < -0.4 is 14.2 Å². The van der Waals surface area contributed by atoms with Crippen LogP contribution in [0, 0.1) is 0 Å². The number of hydrogen-bond acceptors (Lipinski definition) is 7. The van der Waals surface area contributed by atoms with Gasteiger partial charge in [0.15, 0.2) is 5.69 Å². The molecule has 0 aliphatic carbocycles. The molecule has 2 aromatic heterocycles. The Bertz CT molecular complexity index is 639. The molecule has 0 fully saturated rings. The summed E-state index contributed by atoms with van der Waals surface area (Å²) >= 11 is 0. The first-order valence-corrected chi connectivity index (χ1v) is 6.27. The van der Waals surface area contributed by atoms with Crippen LogP contribution in [0.5, 0.6) is 17.6 Å². The number of carbonyl (C=O) groups excluding carboxylic acids is 1. The van der Waals surface area contributed by atoms with E-state index in [4.69, 9.17) is 14.2 Å². The Morgan fingerprint density at radius 2 is 2.05 bits per heavy atom. The number of hydrogen-bond donors (Lipinski definition) is 1. The van der Waals surface area contributed by atoms with Crippen molar-refractivity contribution < 1.29 is 19.0 Å². The van der Waals surface area contributed by atoms with E-state index in [0.29, 0.717) is 0 Å². The molecule has 0 unspecified atom stereocenters. The maximum atomic E-state index is 12.0. The van der Waals surface area contributed by atoms with Crippen LogP contribution in [-0.4, -0.2) is 40.4 Å². The molecule has 0 bridgehead atoms. The Morgan fingerprint density at radius 1 is 1.29 bits per heavy atom. The topological polar surface area (TPSA) is 99.2 Å². The first-order chi connectivity index (χ1) is 10.0. The molecule has 2 heterocycles. The maximum Gasteiger partial charge on any atom is 0.364 e. The highest BCUT2D eigenvalue weighted by Gasteiger charge is 2.18. The lowest BCUT2D eigenvalue weighted by molar-refractivity contribution is 0.0721. The van der Waals surface area contributed by atoms with Gasteiger partial charge in [-0.25, -0.2) is 4.79 Å². The molecule has 0 saturated heterocycles. The van der Waals surface area contributed by atoms with Gasteiger partial charge in [0.2, 0.25) is 5.75 Å². The van der Waals surface area contributed by atoms with Crippen molar-refractivity contribution in [1.29, 1.82) is 0 Å². The minimum absolute atomic E-state index is 0.0948. The molecular formula is C13H16N4O4. The molecule has 8 heteroatoms. The zero-order valence-electron chi connectivity index (χ0n) is 12.2. The van der Waals surface area contributed by atoms with Crippen molar-refractivity contribution in [2.45, 2.75) is 19.8 Å². The Hall–Kier alpha value is -2.64. The third kappa shape index (κ3) is 3.28. The van der Waals surface area contributed by atoms with Crippen LogP contribution in [0.15, 0.2) is 12.3 Å². The molecule has 2 aromatic rings. The van der Waals surface area contributed by atoms with Crippen LogP contribution in [0.1, 0.15) is 35.9 Å². The number of rotatable bonds is 5. The minimum Gasteiger partial charge on any atom is -0.478 e. The largest absolute Gasteiger partial charge is 0.478 e. The highest BCUT2D eigenvalue weighted by atomic mass is 16.6. The first kappa shape index (κ1) is 14.8. The van der Waals surface area contributed by atoms with Crippen LogP contribution in [0.4, 0.5) is 0 Å². The molecule has 21 heavy (non-hydrogen) atoms. The van der Waals surface area contributed by atoms with Crippen molar-refractivity contribution in [3.05, 3.63) is 23.7 Å². The summed E-state index contributed by atoms with van der Waals surface area (Å²) in [4.78, 5) is 19.8. The zero-order chi connectivity index (χ0) is 15.4. The fourth-order valence-electron chi connectivity index (χ4n) is 1.54. The van der Waals surface area contributed by atoms with Gasteiger partial charge in [0, 0.05) is 5.69 Å². The summed E-state index contributed by atoms with van der Waals surface area (Å²) in [6.45, 7) is 3.98. The Balaban J connectivity index is 2.18. The summed E-state index contributed by atoms with van der Waals surface area (Å²) in [6.07, 6.45) is 1.30. The van der Waals surface area contributed by atoms with Gasteiger partial charge >= 0.3 is 12.0 Å². The second-order valence-corrected chi connectivity index (χ2v) is 4.48. The van der Waals surface area contributed by atoms with Crippen LogP contribution in [-0.2, 0) is 0 Å². The van der Waals surface area contributed by atoms with E-state index in [9.17, 15) is 4.79 Å². The molecule has 0 aliphatic heterocycles. The summed E-state index contributed by atoms with van der Waals surface area (Å²) < 4.78 is 15.1. The molecule has 0 saturated carbocycles. The summed E-state index contributed by atoms with van der Waals surface area (Å²) in [5.41, 5.74) is 1.02. The zero-order valence-corrected chi connectivity index (χ0v) is 12.2. The van der Waals surface area contributed by atoms with E-state index in [2.05, 4.69) is 20.2 Å². The van der Waals surface area contributed by atoms with Gasteiger partial charge in [-0.15, -0.1) is 0 Å². The van der Waals surface area contributed by atoms with Crippen molar-refractivity contribution in [2.75, 3.05) is 14.2 Å². The third-order valence-corrected chi connectivity index (χ3v) is 2.71. The summed E-state index contributed by atoms with van der Waals surface area (Å²) in [7, 11) is 2.84. The van der Waals surface area contributed by atoms with Gasteiger partial charge in [-0.05, 0) is 12.0 Å². The Kier molecular flexibility index (Phi) is 4.36. The summed E-state index contributed by atoms with van der Waals surface area (Å²) in [5.74, 6) is -0.185. The highest BCUT2D eigenvalue weighted by Crippen LogP contribution is 2.26. The van der Waals surface area contributed by atoms with Crippen molar-refractivity contribution in [3.8, 4) is 17.6 Å². The molecule has 0 spiro atoms. The van der Waals surface area contributed by atoms with Crippen LogP contribution >= 0.6 is 0 Å². The predicted octanol–water partition coefficient (Wildman–Crippen LogP) is 1.56. The number of nitrogens with zero attached hydrogens (tertiary/aromatic N) is 3. The van der Waals surface area contributed by atoms with E-state index < -0.39 is 5.97 Å². The second-order valence-electron chi connectivity index (χ2n) is 4.48. The number of esters is 1. The highest BCUT2D eigenvalue weighted by molar-refractivity contribution is 5.89. The third-order valence-electron chi connectivity index (χ3n) is 2.71. The molecule has 1 N–H and O–H groups in total. The summed E-state index contributed by atoms with van der Waals surface area (Å²) in [6, 6.07) is 1.76. The average molecular weight is 292 g/mol. The molecule has 112 valence electrons. The lowest BCUT2D eigenvalue weighted by Gasteiger charge is -2.07. The van der Waals surface area contributed by atoms with E-state index in [1.807, 2.05) is 13.8 Å². The van der Waals surface area contributed by atoms with Gasteiger partial charge in [0.25, 0.3) is 5.88 Å². The van der Waals surface area contributed by atoms with Crippen LogP contribution in [0.2, 0.25) is 0 Å². The fraction of sp³-hybridized carbons (Fsp3) is 0.385. The van der Waals surface area contributed by atoms with Gasteiger partial charge in [-0.3, -0.25) is 5.10 Å². The van der Waals surface area contributed by atoms with Crippen LogP contribution in [0.3, 0.4) is 0 Å². The van der Waals surface area contributed by atoms with E-state index in [-0.39, 0.29) is 29.3 Å². The maximum absolute atomic E-state index is 12.0. The van der Waals surface area contributed by atoms with Gasteiger partial charge in [-0.2, -0.15) is 15.1 Å². The predicted molar refractivity (Wildman–Crippen MR) is 72.8 cm³/mol. The van der Waals surface area contributed by atoms with Crippen molar-refractivity contribution >= 4 is 5.97 Å². The minimum atomic E-state index is -0.620. The first-order valence-electron chi connectivity index (χ1n) is 6.27. The molecule has 0 atom stereocenters. The molecular weight excluding hydrogens is 276 g/mol. The van der Waals surface area contributed by atoms with E-state index in [1.54, 1.807) is 6.07 Å². The van der Waals surface area contributed by atoms with Crippen LogP contribution in [0.25, 0.3) is 0 Å². The average Bonchev–Trinajstić information content (AvgIpc) is 2.97. The normalized spacial score (nSPS) is 10.5. The number of carbonyl (C=O) groups is 1. The van der Waals surface area contributed by atoms with Gasteiger partial charge < -0.3 is 14.2 Å². The molecule has 0 amide bonds. The van der Waals surface area contributed by atoms with Gasteiger partial charge in [0.1, 0.15) is 0 Å². The Labute approximate surface area is 121 Å². The number of methoxy groups -OCH3 is 2. The number of aromatic amines is 1. The van der Waals surface area contributed by atoms with Crippen molar-refractivity contribution in [2.24, 2.45) is 0 Å². The smallest absolute Gasteiger partial charge is 0.364 e.